The van der Waals surface area contributed by atoms with E-state index in [1.807, 2.05) is 13.8 Å². The zero-order valence-electron chi connectivity index (χ0n) is 8.34. The van der Waals surface area contributed by atoms with Crippen LogP contribution in [0.25, 0.3) is 0 Å². The maximum atomic E-state index is 11.4. The maximum absolute atomic E-state index is 11.4. The Kier molecular flexibility index (Phi) is 5.43. The van der Waals surface area contributed by atoms with Crippen molar-refractivity contribution in [1.29, 1.82) is 0 Å². The van der Waals surface area contributed by atoms with E-state index in [9.17, 15) is 4.79 Å². The van der Waals surface area contributed by atoms with E-state index >= 15 is 0 Å². The highest BCUT2D eigenvalue weighted by Gasteiger charge is 2.10. The van der Waals surface area contributed by atoms with E-state index in [-0.39, 0.29) is 5.91 Å². The van der Waals surface area contributed by atoms with Gasteiger partial charge in [0, 0.05) is 13.0 Å². The summed E-state index contributed by atoms with van der Waals surface area (Å²) in [5.74, 6) is 0.610. The Bertz CT molecular complexity index is 152. The van der Waals surface area contributed by atoms with E-state index < -0.39 is 0 Å². The highest BCUT2D eigenvalue weighted by Crippen LogP contribution is 2.04. The lowest BCUT2D eigenvalue weighted by molar-refractivity contribution is -0.129. The topological polar surface area (TPSA) is 20.3 Å². The summed E-state index contributed by atoms with van der Waals surface area (Å²) in [7, 11) is 0. The first-order chi connectivity index (χ1) is 5.61. The summed E-state index contributed by atoms with van der Waals surface area (Å²) in [5, 5.41) is 0. The normalized spacial score (nSPS) is 10.0. The molecule has 0 radical (unpaired) electrons. The molecule has 12 heavy (non-hydrogen) atoms. The third-order valence-corrected chi connectivity index (χ3v) is 1.59. The van der Waals surface area contributed by atoms with E-state index in [0.717, 1.165) is 13.0 Å². The van der Waals surface area contributed by atoms with Crippen LogP contribution < -0.4 is 0 Å². The molecule has 0 aromatic heterocycles. The van der Waals surface area contributed by atoms with Crippen LogP contribution in [0.2, 0.25) is 0 Å². The Morgan fingerprint density at radius 3 is 2.50 bits per heavy atom. The molecule has 0 aromatic rings. The van der Waals surface area contributed by atoms with Crippen molar-refractivity contribution < 1.29 is 4.79 Å². The van der Waals surface area contributed by atoms with Crippen LogP contribution >= 0.6 is 0 Å². The smallest absolute Gasteiger partial charge is 0.226 e. The SMILES string of the molecule is C=CN(CCC)C(=O)CC(C)C. The monoisotopic (exact) mass is 169 g/mol. The van der Waals surface area contributed by atoms with Gasteiger partial charge < -0.3 is 4.90 Å². The predicted octanol–water partition coefficient (Wildman–Crippen LogP) is 2.41. The highest BCUT2D eigenvalue weighted by molar-refractivity contribution is 5.77. The molecule has 0 heterocycles. The van der Waals surface area contributed by atoms with Crippen LogP contribution in [0.3, 0.4) is 0 Å². The molecule has 0 aliphatic heterocycles. The lowest BCUT2D eigenvalue weighted by Gasteiger charge is -2.17. The Hall–Kier alpha value is -0.790. The number of rotatable bonds is 5. The molecule has 0 rings (SSSR count). The van der Waals surface area contributed by atoms with Gasteiger partial charge in [-0.05, 0) is 18.5 Å². The van der Waals surface area contributed by atoms with Gasteiger partial charge in [0.25, 0.3) is 0 Å². The van der Waals surface area contributed by atoms with E-state index in [4.69, 9.17) is 0 Å². The third kappa shape index (κ3) is 4.16. The second-order valence-electron chi connectivity index (χ2n) is 3.37. The molecule has 0 aliphatic carbocycles. The molecule has 2 heteroatoms. The molecule has 0 N–H and O–H groups in total. The number of carbonyl (C=O) groups is 1. The molecular weight excluding hydrogens is 150 g/mol. The minimum Gasteiger partial charge on any atom is -0.320 e. The van der Waals surface area contributed by atoms with Crippen LogP contribution in [0, 0.1) is 5.92 Å². The van der Waals surface area contributed by atoms with Gasteiger partial charge in [-0.3, -0.25) is 4.79 Å². The van der Waals surface area contributed by atoms with Gasteiger partial charge >= 0.3 is 0 Å². The summed E-state index contributed by atoms with van der Waals surface area (Å²) >= 11 is 0. The Balaban J connectivity index is 3.93. The van der Waals surface area contributed by atoms with Crippen LogP contribution in [-0.2, 0) is 4.79 Å². The van der Waals surface area contributed by atoms with Crippen LogP contribution in [-0.4, -0.2) is 17.4 Å². The lowest BCUT2D eigenvalue weighted by atomic mass is 10.1. The molecule has 1 amide bonds. The van der Waals surface area contributed by atoms with Crippen LogP contribution in [0.5, 0.6) is 0 Å². The van der Waals surface area contributed by atoms with Gasteiger partial charge in [-0.15, -0.1) is 0 Å². The van der Waals surface area contributed by atoms with Gasteiger partial charge in [-0.25, -0.2) is 0 Å². The second kappa shape index (κ2) is 5.81. The molecule has 0 unspecified atom stereocenters. The Morgan fingerprint density at radius 1 is 1.58 bits per heavy atom. The molecular formula is C10H19NO. The number of hydrogen-bond donors (Lipinski definition) is 0. The first-order valence-corrected chi connectivity index (χ1v) is 4.53. The van der Waals surface area contributed by atoms with Gasteiger partial charge in [0.1, 0.15) is 0 Å². The van der Waals surface area contributed by atoms with Crippen molar-refractivity contribution in [1.82, 2.24) is 4.90 Å². The molecule has 0 atom stereocenters. The summed E-state index contributed by atoms with van der Waals surface area (Å²) in [5.41, 5.74) is 0. The summed E-state index contributed by atoms with van der Waals surface area (Å²) in [4.78, 5) is 13.1. The molecule has 0 aromatic carbocycles. The summed E-state index contributed by atoms with van der Waals surface area (Å²) in [6.45, 7) is 10.5. The van der Waals surface area contributed by atoms with Crippen molar-refractivity contribution in [3.05, 3.63) is 12.8 Å². The number of amides is 1. The van der Waals surface area contributed by atoms with Gasteiger partial charge in [0.15, 0.2) is 0 Å². The fourth-order valence-corrected chi connectivity index (χ4v) is 1.03. The average molecular weight is 169 g/mol. The fraction of sp³-hybridized carbons (Fsp3) is 0.700. The average Bonchev–Trinajstić information content (AvgIpc) is 1.98. The molecule has 0 fully saturated rings. The van der Waals surface area contributed by atoms with Gasteiger partial charge in [-0.1, -0.05) is 27.4 Å². The van der Waals surface area contributed by atoms with Crippen LogP contribution in [0.4, 0.5) is 0 Å². The van der Waals surface area contributed by atoms with Gasteiger partial charge in [-0.2, -0.15) is 0 Å². The van der Waals surface area contributed by atoms with E-state index in [1.165, 1.54) is 0 Å². The molecule has 0 spiro atoms. The summed E-state index contributed by atoms with van der Waals surface area (Å²) in [6, 6.07) is 0. The molecule has 2 nitrogen and oxygen atoms in total. The predicted molar refractivity (Wildman–Crippen MR) is 51.7 cm³/mol. The number of carbonyl (C=O) groups excluding carboxylic acids is 1. The summed E-state index contributed by atoms with van der Waals surface area (Å²) in [6.07, 6.45) is 3.22. The lowest BCUT2D eigenvalue weighted by Crippen LogP contribution is -2.27. The Labute approximate surface area is 75.3 Å². The highest BCUT2D eigenvalue weighted by atomic mass is 16.2. The quantitative estimate of drug-likeness (QED) is 0.619. The first-order valence-electron chi connectivity index (χ1n) is 4.53. The minimum atomic E-state index is 0.182. The van der Waals surface area contributed by atoms with Gasteiger partial charge in [0.05, 0.1) is 0 Å². The Morgan fingerprint density at radius 2 is 2.17 bits per heavy atom. The maximum Gasteiger partial charge on any atom is 0.226 e. The van der Waals surface area contributed by atoms with Crippen molar-refractivity contribution in [2.24, 2.45) is 5.92 Å². The first kappa shape index (κ1) is 11.2. The van der Waals surface area contributed by atoms with E-state index in [2.05, 4.69) is 13.5 Å². The van der Waals surface area contributed by atoms with Crippen LogP contribution in [0.15, 0.2) is 12.8 Å². The molecule has 70 valence electrons. The zero-order chi connectivity index (χ0) is 9.56. The van der Waals surface area contributed by atoms with Gasteiger partial charge in [0.2, 0.25) is 5.91 Å². The second-order valence-corrected chi connectivity index (χ2v) is 3.37. The summed E-state index contributed by atoms with van der Waals surface area (Å²) < 4.78 is 0. The zero-order valence-corrected chi connectivity index (χ0v) is 8.34. The van der Waals surface area contributed by atoms with Crippen molar-refractivity contribution in [3.63, 3.8) is 0 Å². The molecule has 0 saturated carbocycles. The van der Waals surface area contributed by atoms with Crippen molar-refractivity contribution in [2.75, 3.05) is 6.54 Å². The van der Waals surface area contributed by atoms with Crippen LogP contribution in [0.1, 0.15) is 33.6 Å². The number of hydrogen-bond acceptors (Lipinski definition) is 1. The fourth-order valence-electron chi connectivity index (χ4n) is 1.03. The van der Waals surface area contributed by atoms with Crippen molar-refractivity contribution in [3.8, 4) is 0 Å². The molecule has 0 aliphatic rings. The largest absolute Gasteiger partial charge is 0.320 e. The third-order valence-electron chi connectivity index (χ3n) is 1.59. The van der Waals surface area contributed by atoms with E-state index in [1.54, 1.807) is 11.1 Å². The molecule has 0 saturated heterocycles. The minimum absolute atomic E-state index is 0.182. The van der Waals surface area contributed by atoms with Crippen molar-refractivity contribution >= 4 is 5.91 Å². The number of nitrogens with zero attached hydrogens (tertiary/aromatic N) is 1. The standard InChI is InChI=1S/C10H19NO/c1-5-7-11(6-2)10(12)8-9(3)4/h6,9H,2,5,7-8H2,1,3-4H3. The van der Waals surface area contributed by atoms with Crippen molar-refractivity contribution in [2.45, 2.75) is 33.6 Å². The van der Waals surface area contributed by atoms with E-state index in [0.29, 0.717) is 12.3 Å². The molecule has 0 bridgehead atoms.